The number of nitrogens with one attached hydrogen (secondary N) is 2. The average molecular weight is 799 g/mol. The third-order valence-corrected chi connectivity index (χ3v) is 13.2. The summed E-state index contributed by atoms with van der Waals surface area (Å²) < 4.78 is 54.7. The molecular formula is C42H42F4N8O4. The first-order valence-corrected chi connectivity index (χ1v) is 20.1. The van der Waals surface area contributed by atoms with Crippen molar-refractivity contribution in [1.82, 2.24) is 39.5 Å². The van der Waals surface area contributed by atoms with Gasteiger partial charge in [0.2, 0.25) is 0 Å². The van der Waals surface area contributed by atoms with E-state index in [2.05, 4.69) is 19.9 Å². The monoisotopic (exact) mass is 798 g/mol. The van der Waals surface area contributed by atoms with Crippen molar-refractivity contribution >= 4 is 23.6 Å². The maximum Gasteiger partial charge on any atom is 0.312 e. The van der Waals surface area contributed by atoms with E-state index in [1.807, 2.05) is 48.5 Å². The van der Waals surface area contributed by atoms with E-state index in [0.29, 0.717) is 36.3 Å². The summed E-state index contributed by atoms with van der Waals surface area (Å²) >= 11 is 0. The number of aromatic nitrogens is 4. The van der Waals surface area contributed by atoms with Gasteiger partial charge in [0.25, 0.3) is 11.8 Å². The van der Waals surface area contributed by atoms with Crippen molar-refractivity contribution in [2.75, 3.05) is 26.2 Å². The molecule has 302 valence electrons. The number of hydrogen-bond donors (Lipinski definition) is 2. The molecule has 2 N–H and O–H groups in total. The van der Waals surface area contributed by atoms with Crippen molar-refractivity contribution in [1.29, 1.82) is 0 Å². The van der Waals surface area contributed by atoms with Gasteiger partial charge in [0.1, 0.15) is 11.6 Å². The number of hydrogen-bond acceptors (Lipinski definition) is 6. The summed E-state index contributed by atoms with van der Waals surface area (Å²) in [5.74, 6) is -6.56. The van der Waals surface area contributed by atoms with Gasteiger partial charge in [-0.05, 0) is 59.8 Å². The molecule has 2 aromatic heterocycles. The second-order valence-corrected chi connectivity index (χ2v) is 16.9. The van der Waals surface area contributed by atoms with Gasteiger partial charge >= 0.3 is 23.6 Å². The number of H-pyrrole nitrogens is 2. The summed E-state index contributed by atoms with van der Waals surface area (Å²) in [4.78, 5) is 74.7. The Bertz CT molecular complexity index is 2110. The van der Waals surface area contributed by atoms with E-state index in [-0.39, 0.29) is 50.3 Å². The van der Waals surface area contributed by atoms with Crippen molar-refractivity contribution in [3.63, 3.8) is 0 Å². The Labute approximate surface area is 331 Å². The minimum Gasteiger partial charge on any atom is -0.340 e. The van der Waals surface area contributed by atoms with Gasteiger partial charge in [0.05, 0.1) is 35.9 Å². The highest BCUT2D eigenvalue weighted by Gasteiger charge is 2.58. The van der Waals surface area contributed by atoms with Gasteiger partial charge < -0.3 is 29.6 Å². The number of piperidine rings is 4. The van der Waals surface area contributed by atoms with Gasteiger partial charge in [0.15, 0.2) is 0 Å². The molecule has 6 atom stereocenters. The van der Waals surface area contributed by atoms with E-state index in [4.69, 9.17) is 0 Å². The lowest BCUT2D eigenvalue weighted by Crippen LogP contribution is -2.50. The van der Waals surface area contributed by atoms with Crippen molar-refractivity contribution in [3.8, 4) is 33.6 Å². The Morgan fingerprint density at radius 3 is 1.22 bits per heavy atom. The fourth-order valence-electron chi connectivity index (χ4n) is 9.54. The maximum absolute atomic E-state index is 13.7. The Kier molecular flexibility index (Phi) is 8.57. The van der Waals surface area contributed by atoms with Crippen LogP contribution < -0.4 is 0 Å². The number of aromatic amines is 2. The molecule has 4 aromatic rings. The molecule has 2 aromatic carbocycles. The van der Waals surface area contributed by atoms with Gasteiger partial charge in [-0.2, -0.15) is 0 Å². The minimum absolute atomic E-state index is 0.0358. The van der Waals surface area contributed by atoms with Crippen LogP contribution in [0.15, 0.2) is 60.9 Å². The Morgan fingerprint density at radius 2 is 0.862 bits per heavy atom. The van der Waals surface area contributed by atoms with Crippen LogP contribution in [0, 0.1) is 11.8 Å². The largest absolute Gasteiger partial charge is 0.340 e. The van der Waals surface area contributed by atoms with E-state index < -0.39 is 61.2 Å². The average Bonchev–Trinajstić information content (AvgIpc) is 3.81. The first kappa shape index (κ1) is 36.8. The molecule has 16 heteroatoms. The number of rotatable bonds is 5. The molecule has 0 spiro atoms. The molecule has 4 aliphatic heterocycles. The molecular weight excluding hydrogens is 757 g/mol. The zero-order valence-corrected chi connectivity index (χ0v) is 31.6. The third kappa shape index (κ3) is 6.63. The fourth-order valence-corrected chi connectivity index (χ4v) is 9.54. The zero-order valence-electron chi connectivity index (χ0n) is 31.6. The van der Waals surface area contributed by atoms with Crippen LogP contribution >= 0.6 is 0 Å². The number of amides is 4. The number of carbonyl (C=O) groups is 4. The molecule has 58 heavy (non-hydrogen) atoms. The number of imidazole rings is 2. The number of halogens is 4. The van der Waals surface area contributed by atoms with Crippen LogP contribution in [0.1, 0.15) is 75.1 Å². The number of nitrogens with zero attached hydrogens (tertiary/aromatic N) is 6. The normalized spacial score (nSPS) is 27.9. The summed E-state index contributed by atoms with van der Waals surface area (Å²) in [6, 6.07) is 15.1. The summed E-state index contributed by atoms with van der Waals surface area (Å²) in [7, 11) is 0. The topological polar surface area (TPSA) is 139 Å². The standard InChI is InChI=1S/C42H42F4N8O4/c43-41(44)9-13-51(14-10-41)37(55)39(57)53-31-17-27(31)19-33(53)35-47-21-29(49-35)25-5-1-23(2-6-25)24-3-7-26(8-4-24)30-22-48-36(50-30)34-20-28-18-32(28)54(34)40(58)38(56)52-15-11-42(45,46)12-16-52/h1-8,21-22,27-28,31-34H,9-20H2,(H,47,49)(H,48,50)/t27?,28?,31-,32?,33-,34-/m0/s1. The molecule has 12 nitrogen and oxygen atoms in total. The first-order valence-electron chi connectivity index (χ1n) is 20.1. The highest BCUT2D eigenvalue weighted by molar-refractivity contribution is 6.35. The van der Waals surface area contributed by atoms with Gasteiger partial charge in [-0.3, -0.25) is 19.2 Å². The summed E-state index contributed by atoms with van der Waals surface area (Å²) in [6.07, 6.45) is 4.73. The predicted octanol–water partition coefficient (Wildman–Crippen LogP) is 5.97. The van der Waals surface area contributed by atoms with E-state index in [0.717, 1.165) is 46.5 Å². The number of benzene rings is 2. The molecule has 4 saturated heterocycles. The SMILES string of the molecule is O=C(C(=O)N1C2CC2C[C@H]1c1ncc(-c2ccc(-c3ccc(-c4cnc([C@@H]5CC6C[C@@H]6N5C(=O)C(=O)N5CCC(F)(F)CC5)[nH]4)cc3)cc2)[nH]1)N1CCC(F)(F)CC1. The van der Waals surface area contributed by atoms with Crippen LogP contribution in [-0.4, -0.2) is 113 Å². The Balaban J connectivity index is 0.784. The molecule has 4 amide bonds. The van der Waals surface area contributed by atoms with Gasteiger partial charge in [-0.15, -0.1) is 0 Å². The third-order valence-electron chi connectivity index (χ3n) is 13.2. The molecule has 6 aliphatic rings. The second kappa shape index (κ2) is 13.5. The predicted molar refractivity (Wildman–Crippen MR) is 201 cm³/mol. The highest BCUT2D eigenvalue weighted by Crippen LogP contribution is 2.54. The fraction of sp³-hybridized carbons (Fsp3) is 0.476. The van der Waals surface area contributed by atoms with Gasteiger partial charge in [-0.1, -0.05) is 48.5 Å². The van der Waals surface area contributed by atoms with Crippen molar-refractivity contribution in [2.24, 2.45) is 11.8 Å². The number of alkyl halides is 4. The zero-order chi connectivity index (χ0) is 40.1. The van der Waals surface area contributed by atoms with Crippen LogP contribution in [0.3, 0.4) is 0 Å². The van der Waals surface area contributed by atoms with Crippen LogP contribution in [0.2, 0.25) is 0 Å². The van der Waals surface area contributed by atoms with E-state index in [1.165, 1.54) is 9.80 Å². The lowest BCUT2D eigenvalue weighted by molar-refractivity contribution is -0.156. The van der Waals surface area contributed by atoms with Crippen LogP contribution in [0.4, 0.5) is 17.6 Å². The molecule has 10 rings (SSSR count). The van der Waals surface area contributed by atoms with Crippen LogP contribution in [0.25, 0.3) is 33.6 Å². The number of carbonyl (C=O) groups excluding carboxylic acids is 4. The quantitative estimate of drug-likeness (QED) is 0.189. The Hall–Kier alpha value is -5.54. The first-order chi connectivity index (χ1) is 27.8. The summed E-state index contributed by atoms with van der Waals surface area (Å²) in [5, 5.41) is 0. The lowest BCUT2D eigenvalue weighted by atomic mass is 10.0. The maximum atomic E-state index is 13.7. The lowest BCUT2D eigenvalue weighted by Gasteiger charge is -2.33. The van der Waals surface area contributed by atoms with Crippen molar-refractivity contribution in [2.45, 2.75) is 87.4 Å². The molecule has 6 fully saturated rings. The van der Waals surface area contributed by atoms with Gasteiger partial charge in [0, 0.05) is 63.9 Å². The molecule has 3 unspecified atom stereocenters. The minimum atomic E-state index is -2.81. The second-order valence-electron chi connectivity index (χ2n) is 16.9. The molecule has 2 saturated carbocycles. The van der Waals surface area contributed by atoms with Crippen LogP contribution in [0.5, 0.6) is 0 Å². The van der Waals surface area contributed by atoms with Crippen LogP contribution in [-0.2, 0) is 19.2 Å². The van der Waals surface area contributed by atoms with E-state index >= 15 is 0 Å². The molecule has 2 aliphatic carbocycles. The highest BCUT2D eigenvalue weighted by atomic mass is 19.3. The smallest absolute Gasteiger partial charge is 0.312 e. The van der Waals surface area contributed by atoms with Crippen molar-refractivity contribution in [3.05, 3.63) is 72.6 Å². The summed E-state index contributed by atoms with van der Waals surface area (Å²) in [5.41, 5.74) is 5.31. The van der Waals surface area contributed by atoms with E-state index in [9.17, 15) is 36.7 Å². The van der Waals surface area contributed by atoms with E-state index in [1.54, 1.807) is 22.2 Å². The molecule has 0 bridgehead atoms. The summed E-state index contributed by atoms with van der Waals surface area (Å²) in [6.45, 7) is -0.527. The molecule has 0 radical (unpaired) electrons. The number of likely N-dealkylation sites (tertiary alicyclic amines) is 4. The van der Waals surface area contributed by atoms with Gasteiger partial charge in [-0.25, -0.2) is 27.5 Å². The molecule has 6 heterocycles. The van der Waals surface area contributed by atoms with Crippen molar-refractivity contribution < 1.29 is 36.7 Å². The Morgan fingerprint density at radius 1 is 0.517 bits per heavy atom. The number of fused-ring (bicyclic) bond motifs is 2.